The van der Waals surface area contributed by atoms with Crippen LogP contribution in [0, 0.1) is 5.82 Å². The van der Waals surface area contributed by atoms with E-state index in [0.717, 1.165) is 30.7 Å². The van der Waals surface area contributed by atoms with Gasteiger partial charge in [0.05, 0.1) is 17.8 Å². The van der Waals surface area contributed by atoms with E-state index in [1.807, 2.05) is 0 Å². The number of hydrogen-bond acceptors (Lipinski definition) is 7. The third-order valence-corrected chi connectivity index (χ3v) is 6.70. The van der Waals surface area contributed by atoms with Gasteiger partial charge in [0.1, 0.15) is 11.4 Å². The first-order chi connectivity index (χ1) is 17.8. The van der Waals surface area contributed by atoms with Crippen LogP contribution in [0.4, 0.5) is 23.2 Å². The number of hydrogen-bond donors (Lipinski definition) is 2. The summed E-state index contributed by atoms with van der Waals surface area (Å²) in [4.78, 5) is 50.7. The van der Waals surface area contributed by atoms with Crippen molar-refractivity contribution in [1.82, 2.24) is 14.8 Å². The number of nitrogens with one attached hydrogen (secondary N) is 1. The zero-order chi connectivity index (χ0) is 28.0. The molecule has 1 saturated heterocycles. The highest BCUT2D eigenvalue weighted by Gasteiger charge is 2.66. The number of aromatic carboxylic acids is 1. The van der Waals surface area contributed by atoms with E-state index >= 15 is 4.39 Å². The maximum Gasteiger partial charge on any atom is 0.436 e. The largest absolute Gasteiger partial charge is 0.477 e. The number of piperazine rings is 1. The molecule has 1 unspecified atom stereocenters. The summed E-state index contributed by atoms with van der Waals surface area (Å²) in [5.74, 6) is -5.03. The molecule has 14 heteroatoms. The lowest BCUT2D eigenvalue weighted by molar-refractivity contribution is -0.250. The number of carbonyl (C=O) groups is 3. The molecular formula is C24H26F4N4O6. The molecule has 1 amide bonds. The number of aromatic nitrogens is 1. The van der Waals surface area contributed by atoms with Crippen LogP contribution in [0.15, 0.2) is 23.1 Å². The second-order valence-electron chi connectivity index (χ2n) is 9.22. The van der Waals surface area contributed by atoms with Crippen LogP contribution in [-0.2, 0) is 14.3 Å². The van der Waals surface area contributed by atoms with Gasteiger partial charge in [0.25, 0.3) is 5.66 Å². The van der Waals surface area contributed by atoms with Gasteiger partial charge in [-0.1, -0.05) is 0 Å². The van der Waals surface area contributed by atoms with Gasteiger partial charge in [0, 0.05) is 50.7 Å². The fourth-order valence-corrected chi connectivity index (χ4v) is 4.81. The normalized spacial score (nSPS) is 18.2. The van der Waals surface area contributed by atoms with Crippen LogP contribution in [0.25, 0.3) is 10.9 Å². The van der Waals surface area contributed by atoms with Crippen molar-refractivity contribution in [2.75, 3.05) is 37.7 Å². The third kappa shape index (κ3) is 4.68. The minimum Gasteiger partial charge on any atom is -0.477 e. The molecule has 10 nitrogen and oxygen atoms in total. The van der Waals surface area contributed by atoms with Gasteiger partial charge in [0.2, 0.25) is 11.3 Å². The van der Waals surface area contributed by atoms with Gasteiger partial charge in [-0.3, -0.25) is 14.5 Å². The van der Waals surface area contributed by atoms with E-state index in [4.69, 9.17) is 0 Å². The maximum absolute atomic E-state index is 15.2. The van der Waals surface area contributed by atoms with Crippen molar-refractivity contribution in [1.29, 1.82) is 0 Å². The average Bonchev–Trinajstić information content (AvgIpc) is 3.67. The Morgan fingerprint density at radius 2 is 1.76 bits per heavy atom. The fourth-order valence-electron chi connectivity index (χ4n) is 4.81. The molecule has 1 saturated carbocycles. The lowest BCUT2D eigenvalue weighted by atomic mass is 10.0. The molecule has 1 aromatic heterocycles. The van der Waals surface area contributed by atoms with Crippen molar-refractivity contribution < 1.29 is 41.8 Å². The van der Waals surface area contributed by atoms with Gasteiger partial charge in [-0.15, -0.1) is 0 Å². The summed E-state index contributed by atoms with van der Waals surface area (Å²) < 4.78 is 64.4. The monoisotopic (exact) mass is 542 g/mol. The minimum atomic E-state index is -5.22. The Balaban J connectivity index is 1.70. The predicted molar refractivity (Wildman–Crippen MR) is 126 cm³/mol. The molecule has 1 aromatic carbocycles. The molecule has 38 heavy (non-hydrogen) atoms. The smallest absolute Gasteiger partial charge is 0.436 e. The van der Waals surface area contributed by atoms with Crippen molar-refractivity contribution in [2.45, 2.75) is 44.6 Å². The van der Waals surface area contributed by atoms with Gasteiger partial charge in [-0.2, -0.15) is 13.2 Å². The van der Waals surface area contributed by atoms with Crippen molar-refractivity contribution in [3.05, 3.63) is 39.9 Å². The number of esters is 1. The number of carboxylic acids is 1. The number of nitrogens with zero attached hydrogens (tertiary/aromatic N) is 3. The number of anilines is 1. The van der Waals surface area contributed by atoms with Crippen LogP contribution in [-0.4, -0.2) is 77.0 Å². The van der Waals surface area contributed by atoms with E-state index in [2.05, 4.69) is 4.74 Å². The number of amides is 1. The van der Waals surface area contributed by atoms with Gasteiger partial charge in [-0.25, -0.2) is 14.0 Å². The van der Waals surface area contributed by atoms with E-state index in [1.54, 1.807) is 9.88 Å². The highest BCUT2D eigenvalue weighted by molar-refractivity contribution is 5.93. The van der Waals surface area contributed by atoms with Gasteiger partial charge in [-0.05, 0) is 31.9 Å². The van der Waals surface area contributed by atoms with Crippen molar-refractivity contribution >= 4 is 34.4 Å². The number of benzene rings is 1. The van der Waals surface area contributed by atoms with Crippen LogP contribution >= 0.6 is 0 Å². The first kappa shape index (κ1) is 27.4. The van der Waals surface area contributed by atoms with E-state index < -0.39 is 46.5 Å². The van der Waals surface area contributed by atoms with Crippen LogP contribution < -0.4 is 15.6 Å². The van der Waals surface area contributed by atoms with Gasteiger partial charge in [0.15, 0.2) is 0 Å². The number of halogens is 4. The Labute approximate surface area is 213 Å². The summed E-state index contributed by atoms with van der Waals surface area (Å²) in [6.45, 7) is 0.779. The molecule has 0 bridgehead atoms. The molecule has 1 aliphatic carbocycles. The van der Waals surface area contributed by atoms with Crippen molar-refractivity contribution in [3.8, 4) is 0 Å². The topological polar surface area (TPSA) is 121 Å². The summed E-state index contributed by atoms with van der Waals surface area (Å²) in [5, 5.41) is 11.0. The molecule has 2 aliphatic rings. The first-order valence-corrected chi connectivity index (χ1v) is 12.0. The zero-order valence-corrected chi connectivity index (χ0v) is 20.6. The number of carboxylic acid groups (broad SMARTS) is 1. The van der Waals surface area contributed by atoms with Crippen LogP contribution in [0.5, 0.6) is 0 Å². The molecule has 2 heterocycles. The third-order valence-electron chi connectivity index (χ3n) is 6.70. The predicted octanol–water partition coefficient (Wildman–Crippen LogP) is 2.25. The number of fused-ring (bicyclic) bond motifs is 1. The number of carbonyl (C=O) groups excluding carboxylic acids is 2. The van der Waals surface area contributed by atoms with E-state index in [9.17, 15) is 37.5 Å². The molecule has 0 spiro atoms. The molecule has 2 fully saturated rings. The lowest BCUT2D eigenvalue weighted by Crippen LogP contribution is -2.75. The van der Waals surface area contributed by atoms with E-state index in [0.29, 0.717) is 5.52 Å². The Kier molecular flexibility index (Phi) is 7.12. The second kappa shape index (κ2) is 9.89. The number of pyridine rings is 1. The molecule has 2 aromatic rings. The summed E-state index contributed by atoms with van der Waals surface area (Å²) in [7, 11) is 0. The van der Waals surface area contributed by atoms with E-state index in [-0.39, 0.29) is 49.9 Å². The zero-order valence-electron chi connectivity index (χ0n) is 20.6. The summed E-state index contributed by atoms with van der Waals surface area (Å²) in [5.41, 5.74) is -4.40. The highest BCUT2D eigenvalue weighted by Crippen LogP contribution is 2.39. The quantitative estimate of drug-likeness (QED) is 0.404. The fraction of sp³-hybridized carbons (Fsp3) is 0.500. The highest BCUT2D eigenvalue weighted by atomic mass is 19.4. The molecular weight excluding hydrogens is 516 g/mol. The number of ether oxygens (including phenoxy) is 1. The molecule has 206 valence electrons. The van der Waals surface area contributed by atoms with Crippen LogP contribution in [0.3, 0.4) is 0 Å². The number of alkyl halides is 3. The first-order valence-electron chi connectivity index (χ1n) is 12.0. The summed E-state index contributed by atoms with van der Waals surface area (Å²) >= 11 is 0. The van der Waals surface area contributed by atoms with Crippen LogP contribution in [0.1, 0.15) is 43.1 Å². The Morgan fingerprint density at radius 3 is 2.26 bits per heavy atom. The average molecular weight is 542 g/mol. The van der Waals surface area contributed by atoms with Crippen molar-refractivity contribution in [2.24, 2.45) is 0 Å². The number of rotatable bonds is 7. The van der Waals surface area contributed by atoms with Crippen LogP contribution in [0.2, 0.25) is 0 Å². The molecule has 2 N–H and O–H groups in total. The van der Waals surface area contributed by atoms with E-state index in [1.165, 1.54) is 24.1 Å². The van der Waals surface area contributed by atoms with Gasteiger partial charge < -0.3 is 24.6 Å². The molecule has 1 atom stereocenters. The lowest BCUT2D eigenvalue weighted by Gasteiger charge is -2.46. The molecule has 0 radical (unpaired) electrons. The molecule has 1 aliphatic heterocycles. The standard InChI is InChI=1S/C24H26F4N4O6/c1-3-38-22(37)23(24(26,27)28,29-13(2)33)31-8-6-30(7-9-31)19-11-18-15(10-17(19)25)20(34)16(21(35)36)12-32(18)14-4-5-14/h10-12,14H,3-9H2,1-2H3,(H,29,33)(H,35,36). The van der Waals surface area contributed by atoms with Crippen molar-refractivity contribution in [3.63, 3.8) is 0 Å². The maximum atomic E-state index is 15.2. The summed E-state index contributed by atoms with van der Waals surface area (Å²) in [6, 6.07) is 2.28. The Morgan fingerprint density at radius 1 is 1.13 bits per heavy atom. The minimum absolute atomic E-state index is 0.0160. The summed E-state index contributed by atoms with van der Waals surface area (Å²) in [6.07, 6.45) is -2.49. The second-order valence-corrected chi connectivity index (χ2v) is 9.22. The van der Waals surface area contributed by atoms with Gasteiger partial charge >= 0.3 is 18.1 Å². The molecule has 4 rings (SSSR count). The Bertz CT molecular complexity index is 1350. The SMILES string of the molecule is CCOC(=O)C(NC(C)=O)(N1CCN(c2cc3c(cc2F)c(=O)c(C(=O)O)cn3C2CC2)CC1)C(F)(F)F. The Hall–Kier alpha value is -3.68.